The summed E-state index contributed by atoms with van der Waals surface area (Å²) in [5.74, 6) is -0.994. The van der Waals surface area contributed by atoms with E-state index in [1.54, 1.807) is 19.1 Å². The van der Waals surface area contributed by atoms with Crippen LogP contribution in [0.5, 0.6) is 0 Å². The molecule has 5 nitrogen and oxygen atoms in total. The number of furan rings is 1. The number of rotatable bonds is 4. The maximum absolute atomic E-state index is 12.7. The molecule has 1 aromatic heterocycles. The molecule has 6 heteroatoms. The van der Waals surface area contributed by atoms with Gasteiger partial charge in [0.15, 0.2) is 0 Å². The normalized spacial score (nSPS) is 26.8. The first-order chi connectivity index (χ1) is 11.1. The molecule has 0 unspecified atom stereocenters. The molecular formula is C17H16O5Se. The first kappa shape index (κ1) is 15.8. The quantitative estimate of drug-likeness (QED) is 0.600. The molecule has 0 saturated carbocycles. The zero-order valence-corrected chi connectivity index (χ0v) is 14.4. The molecule has 1 saturated heterocycles. The van der Waals surface area contributed by atoms with Gasteiger partial charge < -0.3 is 0 Å². The Morgan fingerprint density at radius 2 is 1.96 bits per heavy atom. The van der Waals surface area contributed by atoms with Crippen molar-refractivity contribution in [3.05, 3.63) is 54.5 Å². The Morgan fingerprint density at radius 1 is 1.22 bits per heavy atom. The molecule has 1 aliphatic heterocycles. The van der Waals surface area contributed by atoms with Gasteiger partial charge in [-0.3, -0.25) is 0 Å². The minimum atomic E-state index is -1.09. The van der Waals surface area contributed by atoms with Crippen molar-refractivity contribution in [2.45, 2.75) is 17.3 Å². The number of carbonyl (C=O) groups is 2. The van der Waals surface area contributed by atoms with Gasteiger partial charge in [-0.2, -0.15) is 0 Å². The van der Waals surface area contributed by atoms with Crippen LogP contribution in [-0.2, 0) is 19.1 Å². The Bertz CT molecular complexity index is 697. The monoisotopic (exact) mass is 380 g/mol. The number of esters is 2. The first-order valence-electron chi connectivity index (χ1n) is 7.16. The fourth-order valence-corrected chi connectivity index (χ4v) is 5.65. The number of hydrogen-bond acceptors (Lipinski definition) is 5. The van der Waals surface area contributed by atoms with E-state index >= 15 is 0 Å². The van der Waals surface area contributed by atoms with Crippen LogP contribution in [0.25, 0.3) is 0 Å². The van der Waals surface area contributed by atoms with E-state index in [4.69, 9.17) is 13.9 Å². The van der Waals surface area contributed by atoms with E-state index in [9.17, 15) is 9.59 Å². The van der Waals surface area contributed by atoms with Gasteiger partial charge >= 0.3 is 140 Å². The van der Waals surface area contributed by atoms with Crippen molar-refractivity contribution in [1.29, 1.82) is 0 Å². The van der Waals surface area contributed by atoms with Crippen LogP contribution in [-0.4, -0.2) is 34.0 Å². The summed E-state index contributed by atoms with van der Waals surface area (Å²) in [6, 6.07) is 13.0. The van der Waals surface area contributed by atoms with Crippen LogP contribution in [0.2, 0.25) is 4.31 Å². The molecule has 0 bridgehead atoms. The summed E-state index contributed by atoms with van der Waals surface area (Å²) in [6.07, 6.45) is 0.733. The first-order valence-corrected chi connectivity index (χ1v) is 8.87. The molecule has 2 heterocycles. The van der Waals surface area contributed by atoms with Gasteiger partial charge in [0, 0.05) is 0 Å². The number of cyclic esters (lactones) is 1. The van der Waals surface area contributed by atoms with Crippen molar-refractivity contribution in [2.75, 3.05) is 7.11 Å². The van der Waals surface area contributed by atoms with E-state index < -0.39 is 28.3 Å². The fourth-order valence-electron chi connectivity index (χ4n) is 2.73. The number of hydrogen-bond donors (Lipinski definition) is 0. The predicted molar refractivity (Wildman–Crippen MR) is 83.2 cm³/mol. The van der Waals surface area contributed by atoms with E-state index in [0.717, 1.165) is 4.46 Å². The van der Waals surface area contributed by atoms with E-state index in [2.05, 4.69) is 0 Å². The van der Waals surface area contributed by atoms with E-state index in [-0.39, 0.29) is 15.0 Å². The summed E-state index contributed by atoms with van der Waals surface area (Å²) in [6.45, 7) is 1.72. The fraction of sp³-hybridized carbons (Fsp3) is 0.294. The van der Waals surface area contributed by atoms with Gasteiger partial charge in [-0.1, -0.05) is 0 Å². The second-order valence-corrected chi connectivity index (χ2v) is 8.09. The van der Waals surface area contributed by atoms with Gasteiger partial charge in [0.25, 0.3) is 0 Å². The minimum absolute atomic E-state index is 0.371. The molecule has 1 aromatic carbocycles. The summed E-state index contributed by atoms with van der Waals surface area (Å²) in [4.78, 5) is 25.0. The van der Waals surface area contributed by atoms with Crippen molar-refractivity contribution in [3.63, 3.8) is 0 Å². The second kappa shape index (κ2) is 6.22. The Morgan fingerprint density at radius 3 is 2.57 bits per heavy atom. The Hall–Kier alpha value is -2.04. The molecule has 0 N–H and O–H groups in total. The van der Waals surface area contributed by atoms with Crippen LogP contribution in [0.1, 0.15) is 18.8 Å². The topological polar surface area (TPSA) is 65.7 Å². The van der Waals surface area contributed by atoms with Gasteiger partial charge in [-0.15, -0.1) is 0 Å². The molecule has 0 spiro atoms. The third kappa shape index (κ3) is 2.58. The van der Waals surface area contributed by atoms with Crippen molar-refractivity contribution in [1.82, 2.24) is 0 Å². The maximum atomic E-state index is 12.7. The molecule has 23 heavy (non-hydrogen) atoms. The van der Waals surface area contributed by atoms with Gasteiger partial charge in [-0.05, 0) is 0 Å². The summed E-state index contributed by atoms with van der Waals surface area (Å²) >= 11 is -0.371. The standard InChI is InChI=1S/C17H16O5Se/c1-11-15(18)22-14(13-9-6-10-21-13)17(11,16(19)20-2)23-12-7-4-3-5-8-12/h3-11,14H,1-2H3/t11-,14-,17+/m0/s1. The SMILES string of the molecule is COC(=O)[C@@]1([Se]c2ccccc2)[C@@H](C)C(=O)O[C@H]1c1ccco1. The Labute approximate surface area is 140 Å². The van der Waals surface area contributed by atoms with Crippen molar-refractivity contribution in [2.24, 2.45) is 5.92 Å². The van der Waals surface area contributed by atoms with Crippen LogP contribution < -0.4 is 4.46 Å². The summed E-state index contributed by atoms with van der Waals surface area (Å²) in [5.41, 5.74) is 0. The van der Waals surface area contributed by atoms with Crippen LogP contribution in [0.4, 0.5) is 0 Å². The molecule has 3 rings (SSSR count). The molecule has 0 amide bonds. The van der Waals surface area contributed by atoms with Crippen LogP contribution in [0.3, 0.4) is 0 Å². The van der Waals surface area contributed by atoms with E-state index in [1.165, 1.54) is 13.4 Å². The molecule has 3 atom stereocenters. The summed E-state index contributed by atoms with van der Waals surface area (Å²) in [5, 5.41) is 0. The summed E-state index contributed by atoms with van der Waals surface area (Å²) < 4.78 is 15.9. The van der Waals surface area contributed by atoms with Gasteiger partial charge in [-0.25, -0.2) is 0 Å². The van der Waals surface area contributed by atoms with Crippen LogP contribution >= 0.6 is 0 Å². The predicted octanol–water partition coefficient (Wildman–Crippen LogP) is 1.87. The van der Waals surface area contributed by atoms with Crippen molar-refractivity contribution >= 4 is 31.4 Å². The van der Waals surface area contributed by atoms with Crippen molar-refractivity contribution < 1.29 is 23.5 Å². The Balaban J connectivity index is 2.11. The van der Waals surface area contributed by atoms with E-state index in [0.29, 0.717) is 5.76 Å². The van der Waals surface area contributed by atoms with Crippen LogP contribution in [0, 0.1) is 5.92 Å². The second-order valence-electron chi connectivity index (χ2n) is 5.25. The Kier molecular flexibility index (Phi) is 4.28. The average Bonchev–Trinajstić information content (AvgIpc) is 3.18. The third-order valence-corrected chi connectivity index (χ3v) is 7.27. The van der Waals surface area contributed by atoms with E-state index in [1.807, 2.05) is 30.3 Å². The molecule has 0 aliphatic carbocycles. The number of ether oxygens (including phenoxy) is 2. The average molecular weight is 379 g/mol. The summed E-state index contributed by atoms with van der Waals surface area (Å²) in [7, 11) is 1.33. The number of carbonyl (C=O) groups excluding carboxylic acids is 2. The third-order valence-electron chi connectivity index (χ3n) is 3.96. The molecule has 0 radical (unpaired) electrons. The zero-order chi connectivity index (χ0) is 16.4. The molecule has 1 fully saturated rings. The molecule has 2 aromatic rings. The van der Waals surface area contributed by atoms with Crippen LogP contribution in [0.15, 0.2) is 53.1 Å². The van der Waals surface area contributed by atoms with Gasteiger partial charge in [0.05, 0.1) is 0 Å². The van der Waals surface area contributed by atoms with Crippen molar-refractivity contribution in [3.8, 4) is 0 Å². The molecule has 1 aliphatic rings. The number of benzene rings is 1. The molecular weight excluding hydrogens is 363 g/mol. The van der Waals surface area contributed by atoms with Gasteiger partial charge in [0.2, 0.25) is 0 Å². The van der Waals surface area contributed by atoms with Gasteiger partial charge in [0.1, 0.15) is 0 Å². The number of methoxy groups -OCH3 is 1. The molecule has 120 valence electrons. The zero-order valence-electron chi connectivity index (χ0n) is 12.7.